The zero-order chi connectivity index (χ0) is 11.2. The molecule has 0 amide bonds. The number of nitrogens with zero attached hydrogens (tertiary/aromatic N) is 4. The van der Waals surface area contributed by atoms with Gasteiger partial charge >= 0.3 is 0 Å². The van der Waals surface area contributed by atoms with Crippen LogP contribution in [0.15, 0.2) is 42.6 Å². The van der Waals surface area contributed by atoms with Gasteiger partial charge in [0.2, 0.25) is 0 Å². The Morgan fingerprint density at radius 1 is 0.833 bits per heavy atom. The van der Waals surface area contributed by atoms with E-state index in [1.807, 2.05) is 24.3 Å². The van der Waals surface area contributed by atoms with Crippen molar-refractivity contribution in [1.82, 2.24) is 20.4 Å². The molecule has 2 aromatic heterocycles. The zero-order valence-corrected chi connectivity index (χ0v) is 11.6. The van der Waals surface area contributed by atoms with Gasteiger partial charge in [0.25, 0.3) is 0 Å². The van der Waals surface area contributed by atoms with E-state index in [9.17, 15) is 0 Å². The van der Waals surface area contributed by atoms with Crippen LogP contribution in [0.5, 0.6) is 0 Å². The van der Waals surface area contributed by atoms with Crippen LogP contribution in [-0.2, 0) is 20.1 Å². The first-order valence-corrected chi connectivity index (χ1v) is 5.36. The van der Waals surface area contributed by atoms with Crippen molar-refractivity contribution in [2.24, 2.45) is 0 Å². The first-order chi connectivity index (χ1) is 8.45. The largest absolute Gasteiger partial charge is 0.349 e. The molecule has 0 spiro atoms. The van der Waals surface area contributed by atoms with E-state index in [2.05, 4.69) is 32.5 Å². The van der Waals surface area contributed by atoms with Gasteiger partial charge in [-0.25, -0.2) is 0 Å². The monoisotopic (exact) mass is 412 g/mol. The minimum absolute atomic E-state index is 0. The maximum Gasteiger partial charge on any atom is 0.0755 e. The third kappa shape index (κ3) is 1.38. The van der Waals surface area contributed by atoms with Crippen molar-refractivity contribution in [2.45, 2.75) is 0 Å². The van der Waals surface area contributed by atoms with E-state index < -0.39 is 0 Å². The van der Waals surface area contributed by atoms with Crippen LogP contribution in [0.3, 0.4) is 0 Å². The van der Waals surface area contributed by atoms with Crippen LogP contribution >= 0.6 is 0 Å². The number of benzene rings is 2. The molecular weight excluding hydrogens is 404 g/mol. The van der Waals surface area contributed by atoms with Gasteiger partial charge in [-0.1, -0.05) is 30.3 Å². The molecule has 18 heavy (non-hydrogen) atoms. The smallest absolute Gasteiger partial charge is 0.0755 e. The van der Waals surface area contributed by atoms with Gasteiger partial charge < -0.3 is 10.2 Å². The fourth-order valence-corrected chi connectivity index (χ4v) is 2.28. The summed E-state index contributed by atoms with van der Waals surface area (Å²) in [5.41, 5.74) is 2.47. The number of fused-ring (bicyclic) bond motifs is 6. The predicted molar refractivity (Wildman–Crippen MR) is 65.7 cm³/mol. The Labute approximate surface area is 116 Å². The molecule has 5 heteroatoms. The maximum atomic E-state index is 4.39. The SMILES string of the molecule is [Ir].c1ccc2c(c1)c1cccnc1c1[n-]nnc21. The van der Waals surface area contributed by atoms with Crippen LogP contribution in [-0.4, -0.2) is 15.3 Å². The zero-order valence-electron chi connectivity index (χ0n) is 9.16. The Balaban J connectivity index is 0.000001000. The van der Waals surface area contributed by atoms with E-state index in [-0.39, 0.29) is 20.1 Å². The first kappa shape index (κ1) is 11.3. The van der Waals surface area contributed by atoms with Crippen molar-refractivity contribution < 1.29 is 20.1 Å². The predicted octanol–water partition coefficient (Wildman–Crippen LogP) is 2.29. The second kappa shape index (κ2) is 4.12. The summed E-state index contributed by atoms with van der Waals surface area (Å²) in [6, 6.07) is 12.1. The first-order valence-electron chi connectivity index (χ1n) is 5.36. The summed E-state index contributed by atoms with van der Waals surface area (Å²) in [7, 11) is 0. The molecule has 0 aliphatic heterocycles. The van der Waals surface area contributed by atoms with Crippen LogP contribution in [0.2, 0.25) is 0 Å². The summed E-state index contributed by atoms with van der Waals surface area (Å²) >= 11 is 0. The van der Waals surface area contributed by atoms with Crippen LogP contribution in [0.25, 0.3) is 32.7 Å². The molecule has 4 aromatic rings. The van der Waals surface area contributed by atoms with Gasteiger partial charge in [-0.2, -0.15) is 0 Å². The van der Waals surface area contributed by atoms with E-state index in [0.29, 0.717) is 0 Å². The second-order valence-electron chi connectivity index (χ2n) is 3.93. The molecule has 0 saturated carbocycles. The maximum absolute atomic E-state index is 4.39. The van der Waals surface area contributed by atoms with Crippen molar-refractivity contribution in [3.8, 4) is 0 Å². The van der Waals surface area contributed by atoms with Crippen molar-refractivity contribution >= 4 is 32.7 Å². The Morgan fingerprint density at radius 2 is 1.56 bits per heavy atom. The van der Waals surface area contributed by atoms with Crippen molar-refractivity contribution in [3.05, 3.63) is 42.6 Å². The van der Waals surface area contributed by atoms with Gasteiger partial charge in [-0.05, 0) is 22.4 Å². The molecule has 0 saturated heterocycles. The van der Waals surface area contributed by atoms with Crippen LogP contribution < -0.4 is 5.10 Å². The molecule has 0 atom stereocenters. The number of hydrogen-bond donors (Lipinski definition) is 0. The van der Waals surface area contributed by atoms with Gasteiger partial charge in [0.15, 0.2) is 0 Å². The molecule has 1 radical (unpaired) electrons. The summed E-state index contributed by atoms with van der Waals surface area (Å²) < 4.78 is 0. The molecule has 0 aliphatic carbocycles. The van der Waals surface area contributed by atoms with Gasteiger partial charge in [-0.3, -0.25) is 10.2 Å². The molecule has 0 fully saturated rings. The van der Waals surface area contributed by atoms with Crippen molar-refractivity contribution in [3.63, 3.8) is 0 Å². The number of pyridine rings is 1. The molecule has 0 unspecified atom stereocenters. The normalized spacial score (nSPS) is 10.9. The van der Waals surface area contributed by atoms with E-state index >= 15 is 0 Å². The Bertz CT molecular complexity index is 783. The van der Waals surface area contributed by atoms with E-state index in [0.717, 1.165) is 32.7 Å². The fraction of sp³-hybridized carbons (Fsp3) is 0. The third-order valence-electron chi connectivity index (χ3n) is 3.02. The second-order valence-corrected chi connectivity index (χ2v) is 3.93. The fourth-order valence-electron chi connectivity index (χ4n) is 2.28. The van der Waals surface area contributed by atoms with Gasteiger partial charge in [-0.15, -0.1) is 0 Å². The number of aromatic nitrogens is 4. The average molecular weight is 411 g/mol. The van der Waals surface area contributed by atoms with Gasteiger partial charge in [0, 0.05) is 37.2 Å². The van der Waals surface area contributed by atoms with E-state index in [1.54, 1.807) is 6.20 Å². The molecule has 2 aromatic carbocycles. The molecule has 4 rings (SSSR count). The molecule has 89 valence electrons. The molecule has 0 bridgehead atoms. The van der Waals surface area contributed by atoms with Gasteiger partial charge in [0.05, 0.1) is 5.52 Å². The topological polar surface area (TPSA) is 52.8 Å². The van der Waals surface area contributed by atoms with Crippen LogP contribution in [0.4, 0.5) is 0 Å². The summed E-state index contributed by atoms with van der Waals surface area (Å²) in [6.07, 6.45) is 1.77. The van der Waals surface area contributed by atoms with Crippen molar-refractivity contribution in [2.75, 3.05) is 0 Å². The van der Waals surface area contributed by atoms with Gasteiger partial charge in [0.1, 0.15) is 0 Å². The Morgan fingerprint density at radius 3 is 2.44 bits per heavy atom. The minimum Gasteiger partial charge on any atom is -0.349 e. The van der Waals surface area contributed by atoms with E-state index in [1.165, 1.54) is 0 Å². The number of hydrogen-bond acceptors (Lipinski definition) is 3. The molecule has 2 heterocycles. The van der Waals surface area contributed by atoms with Crippen LogP contribution in [0, 0.1) is 0 Å². The standard InChI is InChI=1S/C13H7N4.Ir/c1-2-5-10-8(4-1)9-6-3-7-14-11(9)13-12(10)15-17-16-13;/h1-7H;/q-1;. The molecule has 0 N–H and O–H groups in total. The minimum atomic E-state index is 0. The molecule has 4 nitrogen and oxygen atoms in total. The average Bonchev–Trinajstić information content (AvgIpc) is 2.89. The molecular formula is C13H7IrN4-. The number of rotatable bonds is 0. The Kier molecular flexibility index (Phi) is 2.58. The quantitative estimate of drug-likeness (QED) is 0.417. The van der Waals surface area contributed by atoms with Crippen LogP contribution in [0.1, 0.15) is 0 Å². The summed E-state index contributed by atoms with van der Waals surface area (Å²) in [5, 5.41) is 15.2. The van der Waals surface area contributed by atoms with Crippen molar-refractivity contribution in [1.29, 1.82) is 0 Å². The molecule has 0 aliphatic rings. The summed E-state index contributed by atoms with van der Waals surface area (Å²) in [5.74, 6) is 0. The summed E-state index contributed by atoms with van der Waals surface area (Å²) in [4.78, 5) is 4.39. The summed E-state index contributed by atoms with van der Waals surface area (Å²) in [6.45, 7) is 0. The third-order valence-corrected chi connectivity index (χ3v) is 3.02. The Hall–Kier alpha value is -1.84. The van der Waals surface area contributed by atoms with E-state index in [4.69, 9.17) is 0 Å².